The fraction of sp³-hybridized carbons (Fsp3) is 0.667. The average Bonchev–Trinajstić information content (AvgIpc) is 2.87. The molecule has 1 aromatic rings. The van der Waals surface area contributed by atoms with Gasteiger partial charge in [-0.15, -0.1) is 0 Å². The van der Waals surface area contributed by atoms with Gasteiger partial charge in [0.2, 0.25) is 0 Å². The van der Waals surface area contributed by atoms with Crippen molar-refractivity contribution >= 4 is 10.0 Å². The first kappa shape index (κ1) is 14.0. The van der Waals surface area contributed by atoms with Gasteiger partial charge in [-0.25, -0.2) is 8.42 Å². The van der Waals surface area contributed by atoms with Crippen molar-refractivity contribution in [2.75, 3.05) is 0 Å². The van der Waals surface area contributed by atoms with Crippen molar-refractivity contribution in [1.29, 1.82) is 5.26 Å². The van der Waals surface area contributed by atoms with E-state index in [1.54, 1.807) is 0 Å². The molecule has 0 radical (unpaired) electrons. The van der Waals surface area contributed by atoms with E-state index in [4.69, 9.17) is 0 Å². The van der Waals surface area contributed by atoms with Crippen molar-refractivity contribution < 1.29 is 8.42 Å². The molecular weight excluding hydrogens is 264 g/mol. The van der Waals surface area contributed by atoms with E-state index < -0.39 is 15.6 Å². The van der Waals surface area contributed by atoms with Gasteiger partial charge in [0.05, 0.1) is 12.3 Å². The fourth-order valence-corrected chi connectivity index (χ4v) is 3.74. The van der Waals surface area contributed by atoms with Gasteiger partial charge in [0.15, 0.2) is 5.03 Å². The van der Waals surface area contributed by atoms with Gasteiger partial charge in [-0.2, -0.15) is 15.1 Å². The van der Waals surface area contributed by atoms with Gasteiger partial charge in [-0.3, -0.25) is 5.10 Å². The lowest BCUT2D eigenvalue weighted by molar-refractivity contribution is 0.357. The Bertz CT molecular complexity index is 537. The zero-order valence-electron chi connectivity index (χ0n) is 10.7. The van der Waals surface area contributed by atoms with Crippen molar-refractivity contribution in [2.24, 2.45) is 0 Å². The third-order valence-corrected chi connectivity index (χ3v) is 4.98. The van der Waals surface area contributed by atoms with E-state index in [0.717, 1.165) is 32.1 Å². The highest BCUT2D eigenvalue weighted by Crippen LogP contribution is 2.27. The summed E-state index contributed by atoms with van der Waals surface area (Å²) in [6.07, 6.45) is 7.52. The first-order valence-electron chi connectivity index (χ1n) is 6.53. The first-order valence-corrected chi connectivity index (χ1v) is 8.01. The van der Waals surface area contributed by atoms with Crippen molar-refractivity contribution in [2.45, 2.75) is 55.5 Å². The molecule has 1 aliphatic carbocycles. The molecule has 2 rings (SSSR count). The summed E-state index contributed by atoms with van der Waals surface area (Å²) in [5, 5.41) is 15.5. The van der Waals surface area contributed by atoms with Crippen LogP contribution in [-0.4, -0.2) is 24.2 Å². The number of nitriles is 1. The first-order chi connectivity index (χ1) is 9.08. The Labute approximate surface area is 113 Å². The van der Waals surface area contributed by atoms with Crippen LogP contribution in [-0.2, 0) is 10.0 Å². The van der Waals surface area contributed by atoms with E-state index in [2.05, 4.69) is 21.0 Å². The number of hydrogen-bond donors (Lipinski definition) is 2. The molecule has 0 spiro atoms. The van der Waals surface area contributed by atoms with Gasteiger partial charge in [-0.05, 0) is 18.9 Å². The Kier molecular flexibility index (Phi) is 4.22. The molecule has 1 aromatic heterocycles. The van der Waals surface area contributed by atoms with Crippen molar-refractivity contribution in [3.63, 3.8) is 0 Å². The number of rotatable bonds is 3. The van der Waals surface area contributed by atoms with Crippen molar-refractivity contribution in [3.05, 3.63) is 12.3 Å². The molecule has 0 unspecified atom stereocenters. The molecule has 1 heterocycles. The van der Waals surface area contributed by atoms with Crippen molar-refractivity contribution in [3.8, 4) is 6.07 Å². The van der Waals surface area contributed by atoms with Crippen LogP contribution in [0, 0.1) is 11.3 Å². The van der Waals surface area contributed by atoms with Gasteiger partial charge >= 0.3 is 0 Å². The summed E-state index contributed by atoms with van der Waals surface area (Å²) in [5.41, 5.74) is -0.982. The molecule has 0 atom stereocenters. The van der Waals surface area contributed by atoms with E-state index in [9.17, 15) is 13.7 Å². The monoisotopic (exact) mass is 282 g/mol. The number of aromatic nitrogens is 2. The quantitative estimate of drug-likeness (QED) is 0.881. The minimum absolute atomic E-state index is 0.00387. The van der Waals surface area contributed by atoms with E-state index in [-0.39, 0.29) is 5.03 Å². The summed E-state index contributed by atoms with van der Waals surface area (Å²) < 4.78 is 26.9. The van der Waals surface area contributed by atoms with Crippen LogP contribution < -0.4 is 4.72 Å². The summed E-state index contributed by atoms with van der Waals surface area (Å²) in [6, 6.07) is 3.56. The minimum Gasteiger partial charge on any atom is -0.266 e. The molecule has 1 aliphatic rings. The number of hydrogen-bond acceptors (Lipinski definition) is 4. The van der Waals surface area contributed by atoms with Gasteiger partial charge < -0.3 is 0 Å². The topological polar surface area (TPSA) is 98.6 Å². The number of aromatic amines is 1. The fourth-order valence-electron chi connectivity index (χ4n) is 2.45. The molecule has 0 saturated heterocycles. The maximum absolute atomic E-state index is 12.2. The van der Waals surface area contributed by atoms with Gasteiger partial charge in [-0.1, -0.05) is 32.1 Å². The van der Waals surface area contributed by atoms with E-state index >= 15 is 0 Å². The third kappa shape index (κ3) is 3.33. The largest absolute Gasteiger partial charge is 0.266 e. The lowest BCUT2D eigenvalue weighted by Crippen LogP contribution is -2.47. The average molecular weight is 282 g/mol. The van der Waals surface area contributed by atoms with Crippen LogP contribution in [0.2, 0.25) is 0 Å². The van der Waals surface area contributed by atoms with Crippen LogP contribution >= 0.6 is 0 Å². The second-order valence-corrected chi connectivity index (χ2v) is 6.64. The molecule has 0 aromatic carbocycles. The van der Waals surface area contributed by atoms with Crippen LogP contribution in [0.1, 0.15) is 44.9 Å². The number of H-pyrrole nitrogens is 1. The van der Waals surface area contributed by atoms with E-state index in [0.29, 0.717) is 12.8 Å². The van der Waals surface area contributed by atoms with E-state index in [1.807, 2.05) is 0 Å². The smallest absolute Gasteiger partial charge is 0.258 e. The molecule has 19 heavy (non-hydrogen) atoms. The maximum atomic E-state index is 12.2. The second kappa shape index (κ2) is 5.72. The molecular formula is C12H18N4O2S. The number of sulfonamides is 1. The van der Waals surface area contributed by atoms with Crippen LogP contribution in [0.3, 0.4) is 0 Å². The summed E-state index contributed by atoms with van der Waals surface area (Å²) in [7, 11) is -3.71. The normalized spacial score (nSPS) is 20.2. The highest BCUT2D eigenvalue weighted by molar-refractivity contribution is 7.89. The molecule has 0 amide bonds. The molecule has 0 bridgehead atoms. The molecule has 7 heteroatoms. The highest BCUT2D eigenvalue weighted by Gasteiger charge is 2.35. The Morgan fingerprint density at radius 2 is 1.89 bits per heavy atom. The molecule has 1 fully saturated rings. The Morgan fingerprint density at radius 1 is 1.26 bits per heavy atom. The number of nitrogens with zero attached hydrogens (tertiary/aromatic N) is 2. The lowest BCUT2D eigenvalue weighted by Gasteiger charge is -2.29. The van der Waals surface area contributed by atoms with Crippen LogP contribution in [0.15, 0.2) is 17.3 Å². The molecule has 1 saturated carbocycles. The van der Waals surface area contributed by atoms with Crippen LogP contribution in [0.5, 0.6) is 0 Å². The predicted molar refractivity (Wildman–Crippen MR) is 69.6 cm³/mol. The molecule has 0 aliphatic heterocycles. The standard InChI is InChI=1S/C12H18N4O2S/c13-10-12(7-4-2-1-3-5-8-12)16-19(17,18)11-6-9-14-15-11/h6,9,16H,1-5,7-8H2,(H,14,15). The Balaban J connectivity index is 2.20. The summed E-state index contributed by atoms with van der Waals surface area (Å²) >= 11 is 0. The van der Waals surface area contributed by atoms with Gasteiger partial charge in [0.25, 0.3) is 10.0 Å². The Hall–Kier alpha value is -1.39. The predicted octanol–water partition coefficient (Wildman–Crippen LogP) is 1.69. The lowest BCUT2D eigenvalue weighted by atomic mass is 9.86. The van der Waals surface area contributed by atoms with Crippen LogP contribution in [0.25, 0.3) is 0 Å². The second-order valence-electron chi connectivity index (χ2n) is 4.99. The molecule has 6 nitrogen and oxygen atoms in total. The zero-order chi connectivity index (χ0) is 13.8. The van der Waals surface area contributed by atoms with Crippen molar-refractivity contribution in [1.82, 2.24) is 14.9 Å². The number of nitrogens with one attached hydrogen (secondary N) is 2. The van der Waals surface area contributed by atoms with E-state index in [1.165, 1.54) is 12.3 Å². The van der Waals surface area contributed by atoms with Gasteiger partial charge in [0, 0.05) is 0 Å². The summed E-state index contributed by atoms with van der Waals surface area (Å²) in [5.74, 6) is 0. The Morgan fingerprint density at radius 3 is 2.42 bits per heavy atom. The zero-order valence-corrected chi connectivity index (χ0v) is 11.5. The maximum Gasteiger partial charge on any atom is 0.258 e. The summed E-state index contributed by atoms with van der Waals surface area (Å²) in [6.45, 7) is 0. The molecule has 2 N–H and O–H groups in total. The molecule has 104 valence electrons. The summed E-state index contributed by atoms with van der Waals surface area (Å²) in [4.78, 5) is 0. The SMILES string of the molecule is N#CC1(NS(=O)(=O)c2ccn[nH]2)CCCCCCC1. The minimum atomic E-state index is -3.71. The van der Waals surface area contributed by atoms with Gasteiger partial charge in [0.1, 0.15) is 5.54 Å². The third-order valence-electron chi connectivity index (χ3n) is 3.52. The highest BCUT2D eigenvalue weighted by atomic mass is 32.2. The van der Waals surface area contributed by atoms with Crippen LogP contribution in [0.4, 0.5) is 0 Å².